The maximum absolute atomic E-state index is 12.3. The second-order valence-corrected chi connectivity index (χ2v) is 6.33. The van der Waals surface area contributed by atoms with Crippen molar-refractivity contribution in [2.45, 2.75) is 58.7 Å². The first kappa shape index (κ1) is 16.6. The molecule has 0 saturated carbocycles. The van der Waals surface area contributed by atoms with Crippen LogP contribution in [0.2, 0.25) is 0 Å². The van der Waals surface area contributed by atoms with Crippen LogP contribution < -0.4 is 10.6 Å². The molecule has 1 aliphatic heterocycles. The predicted molar refractivity (Wildman–Crippen MR) is 93.7 cm³/mol. The van der Waals surface area contributed by atoms with Crippen molar-refractivity contribution in [3.05, 3.63) is 41.5 Å². The summed E-state index contributed by atoms with van der Waals surface area (Å²) in [6, 6.07) is 8.02. The Bertz CT molecular complexity index is 709. The molecule has 0 aliphatic carbocycles. The Balaban J connectivity index is 1.49. The van der Waals surface area contributed by atoms with Gasteiger partial charge in [-0.3, -0.25) is 4.79 Å². The normalized spacial score (nSPS) is 14.4. The number of anilines is 1. The van der Waals surface area contributed by atoms with Gasteiger partial charge in [-0.05, 0) is 31.4 Å². The highest BCUT2D eigenvalue weighted by molar-refractivity contribution is 5.91. The highest BCUT2D eigenvalue weighted by Crippen LogP contribution is 2.16. The van der Waals surface area contributed by atoms with E-state index >= 15 is 0 Å². The number of aromatic nitrogens is 3. The summed E-state index contributed by atoms with van der Waals surface area (Å²) in [6.07, 6.45) is 3.50. The lowest BCUT2D eigenvalue weighted by Gasteiger charge is -2.15. The number of hydrogen-bond acceptors (Lipinski definition) is 4. The first-order valence-electron chi connectivity index (χ1n) is 8.69. The number of rotatable bonds is 7. The molecule has 1 aromatic carbocycles. The fraction of sp³-hybridized carbons (Fsp3) is 0.500. The standard InChI is InChI=1S/C18H25N5O/c1-3-14-7-4-5-8-15(14)20-18(24)11-13(2)19-12-17-22-21-16-9-6-10-23(16)17/h4-5,7-8,13,19H,3,6,9-12H2,1-2H3,(H,20,24)/t13-/m0/s1. The van der Waals surface area contributed by atoms with Crippen LogP contribution in [0.3, 0.4) is 0 Å². The van der Waals surface area contributed by atoms with Crippen molar-refractivity contribution >= 4 is 11.6 Å². The molecule has 2 N–H and O–H groups in total. The molecule has 3 rings (SSSR count). The quantitative estimate of drug-likeness (QED) is 0.818. The number of aryl methyl sites for hydroxylation is 2. The molecule has 0 spiro atoms. The Kier molecular flexibility index (Phi) is 5.25. The third kappa shape index (κ3) is 3.82. The number of benzene rings is 1. The zero-order valence-electron chi connectivity index (χ0n) is 14.4. The highest BCUT2D eigenvalue weighted by Gasteiger charge is 2.18. The van der Waals surface area contributed by atoms with E-state index in [1.54, 1.807) is 0 Å². The Morgan fingerprint density at radius 1 is 1.33 bits per heavy atom. The molecular formula is C18H25N5O. The molecule has 6 nitrogen and oxygen atoms in total. The van der Waals surface area contributed by atoms with E-state index in [1.165, 1.54) is 0 Å². The minimum Gasteiger partial charge on any atom is -0.326 e. The number of carbonyl (C=O) groups is 1. The lowest BCUT2D eigenvalue weighted by Crippen LogP contribution is -2.31. The highest BCUT2D eigenvalue weighted by atomic mass is 16.1. The number of para-hydroxylation sites is 1. The van der Waals surface area contributed by atoms with Crippen LogP contribution in [0, 0.1) is 0 Å². The van der Waals surface area contributed by atoms with Gasteiger partial charge < -0.3 is 15.2 Å². The summed E-state index contributed by atoms with van der Waals surface area (Å²) >= 11 is 0. The maximum atomic E-state index is 12.3. The number of nitrogens with zero attached hydrogens (tertiary/aromatic N) is 3. The number of nitrogens with one attached hydrogen (secondary N) is 2. The third-order valence-electron chi connectivity index (χ3n) is 4.46. The fourth-order valence-electron chi connectivity index (χ4n) is 3.11. The minimum atomic E-state index is 0.0300. The van der Waals surface area contributed by atoms with Crippen LogP contribution in [0.15, 0.2) is 24.3 Å². The zero-order chi connectivity index (χ0) is 16.9. The Morgan fingerprint density at radius 2 is 2.17 bits per heavy atom. The second-order valence-electron chi connectivity index (χ2n) is 6.33. The fourth-order valence-corrected chi connectivity index (χ4v) is 3.11. The van der Waals surface area contributed by atoms with Crippen LogP contribution in [0.1, 0.15) is 43.9 Å². The van der Waals surface area contributed by atoms with E-state index in [9.17, 15) is 4.79 Å². The summed E-state index contributed by atoms with van der Waals surface area (Å²) < 4.78 is 2.18. The van der Waals surface area contributed by atoms with Crippen LogP contribution in [-0.2, 0) is 30.7 Å². The van der Waals surface area contributed by atoms with E-state index in [2.05, 4.69) is 32.3 Å². The monoisotopic (exact) mass is 327 g/mol. The summed E-state index contributed by atoms with van der Waals surface area (Å²) in [5.41, 5.74) is 2.07. The third-order valence-corrected chi connectivity index (χ3v) is 4.46. The van der Waals surface area contributed by atoms with Crippen molar-refractivity contribution in [1.82, 2.24) is 20.1 Å². The number of amides is 1. The van der Waals surface area contributed by atoms with E-state index in [4.69, 9.17) is 0 Å². The smallest absolute Gasteiger partial charge is 0.225 e. The van der Waals surface area contributed by atoms with Gasteiger partial charge in [0, 0.05) is 31.1 Å². The molecule has 1 aromatic heterocycles. The largest absolute Gasteiger partial charge is 0.326 e. The Labute approximate surface area is 142 Å². The van der Waals surface area contributed by atoms with E-state index in [0.717, 1.165) is 48.7 Å². The molecule has 1 atom stereocenters. The molecule has 0 fully saturated rings. The lowest BCUT2D eigenvalue weighted by molar-refractivity contribution is -0.116. The minimum absolute atomic E-state index is 0.0300. The molecule has 1 amide bonds. The summed E-state index contributed by atoms with van der Waals surface area (Å²) in [4.78, 5) is 12.3. The van der Waals surface area contributed by atoms with Gasteiger partial charge in [0.15, 0.2) is 0 Å². The number of carbonyl (C=O) groups excluding carboxylic acids is 1. The zero-order valence-corrected chi connectivity index (χ0v) is 14.4. The summed E-state index contributed by atoms with van der Waals surface area (Å²) in [5.74, 6) is 2.07. The van der Waals surface area contributed by atoms with Crippen LogP contribution in [0.4, 0.5) is 5.69 Å². The van der Waals surface area contributed by atoms with Gasteiger partial charge in [-0.1, -0.05) is 25.1 Å². The van der Waals surface area contributed by atoms with Crippen molar-refractivity contribution in [1.29, 1.82) is 0 Å². The van der Waals surface area contributed by atoms with Gasteiger partial charge in [0.1, 0.15) is 11.6 Å². The molecule has 0 radical (unpaired) electrons. The van der Waals surface area contributed by atoms with Gasteiger partial charge >= 0.3 is 0 Å². The first-order valence-corrected chi connectivity index (χ1v) is 8.69. The summed E-state index contributed by atoms with van der Waals surface area (Å²) in [6.45, 7) is 5.76. The van der Waals surface area contributed by atoms with Gasteiger partial charge in [0.25, 0.3) is 0 Å². The average Bonchev–Trinajstić information content (AvgIpc) is 3.17. The van der Waals surface area contributed by atoms with Crippen LogP contribution in [0.5, 0.6) is 0 Å². The second kappa shape index (κ2) is 7.57. The van der Waals surface area contributed by atoms with Crippen molar-refractivity contribution in [3.8, 4) is 0 Å². The first-order chi connectivity index (χ1) is 11.7. The van der Waals surface area contributed by atoms with Crippen molar-refractivity contribution in [2.24, 2.45) is 0 Å². The van der Waals surface area contributed by atoms with E-state index in [-0.39, 0.29) is 11.9 Å². The molecule has 0 unspecified atom stereocenters. The van der Waals surface area contributed by atoms with Crippen molar-refractivity contribution < 1.29 is 4.79 Å². The molecule has 0 bridgehead atoms. The molecule has 128 valence electrons. The molecule has 6 heteroatoms. The number of fused-ring (bicyclic) bond motifs is 1. The van der Waals surface area contributed by atoms with Gasteiger partial charge in [0.05, 0.1) is 6.54 Å². The number of hydrogen-bond donors (Lipinski definition) is 2. The molecular weight excluding hydrogens is 302 g/mol. The predicted octanol–water partition coefficient (Wildman–Crippen LogP) is 2.29. The molecule has 24 heavy (non-hydrogen) atoms. The molecule has 2 aromatic rings. The molecule has 1 aliphatic rings. The Morgan fingerprint density at radius 3 is 3.00 bits per heavy atom. The SMILES string of the molecule is CCc1ccccc1NC(=O)C[C@H](C)NCc1nnc2n1CCC2. The Hall–Kier alpha value is -2.21. The van der Waals surface area contributed by atoms with Gasteiger partial charge in [0.2, 0.25) is 5.91 Å². The summed E-state index contributed by atoms with van der Waals surface area (Å²) in [7, 11) is 0. The van der Waals surface area contributed by atoms with E-state index in [0.29, 0.717) is 13.0 Å². The maximum Gasteiger partial charge on any atom is 0.225 e. The van der Waals surface area contributed by atoms with Crippen LogP contribution in [0.25, 0.3) is 0 Å². The molecule has 2 heterocycles. The van der Waals surface area contributed by atoms with Gasteiger partial charge in [-0.15, -0.1) is 10.2 Å². The van der Waals surface area contributed by atoms with E-state index < -0.39 is 0 Å². The molecule has 0 saturated heterocycles. The van der Waals surface area contributed by atoms with Crippen LogP contribution in [-0.4, -0.2) is 26.7 Å². The topological polar surface area (TPSA) is 71.8 Å². The van der Waals surface area contributed by atoms with Gasteiger partial charge in [-0.2, -0.15) is 0 Å². The van der Waals surface area contributed by atoms with Gasteiger partial charge in [-0.25, -0.2) is 0 Å². The van der Waals surface area contributed by atoms with Crippen molar-refractivity contribution in [3.63, 3.8) is 0 Å². The van der Waals surface area contributed by atoms with Crippen molar-refractivity contribution in [2.75, 3.05) is 5.32 Å². The lowest BCUT2D eigenvalue weighted by atomic mass is 10.1. The van der Waals surface area contributed by atoms with E-state index in [1.807, 2.05) is 31.2 Å². The van der Waals surface area contributed by atoms with Crippen LogP contribution >= 0.6 is 0 Å². The summed E-state index contributed by atoms with van der Waals surface area (Å²) in [5, 5.41) is 14.8. The average molecular weight is 327 g/mol.